The minimum atomic E-state index is -0.151. The van der Waals surface area contributed by atoms with E-state index < -0.39 is 0 Å². The Morgan fingerprint density at radius 2 is 2.60 bits per heavy atom. The summed E-state index contributed by atoms with van der Waals surface area (Å²) in [6, 6.07) is 0. The lowest BCUT2D eigenvalue weighted by molar-refractivity contribution is -0.116. The quantitative estimate of drug-likeness (QED) is 0.882. The minimum absolute atomic E-state index is 0.148. The van der Waals surface area contributed by atoms with Crippen molar-refractivity contribution >= 4 is 39.9 Å². The van der Waals surface area contributed by atoms with Crippen LogP contribution in [-0.4, -0.2) is 34.5 Å². The van der Waals surface area contributed by atoms with Gasteiger partial charge in [-0.1, -0.05) is 11.6 Å². The number of nitrogens with zero attached hydrogens (tertiary/aromatic N) is 2. The van der Waals surface area contributed by atoms with Gasteiger partial charge in [0.25, 0.3) is 0 Å². The summed E-state index contributed by atoms with van der Waals surface area (Å²) in [6.45, 7) is 1.34. The van der Waals surface area contributed by atoms with E-state index in [0.717, 1.165) is 30.1 Å². The molecule has 0 radical (unpaired) electrons. The molecular weight excluding hydrogens is 298 g/mol. The van der Waals surface area contributed by atoms with E-state index in [1.807, 2.05) is 16.0 Å². The predicted molar refractivity (Wildman–Crippen MR) is 79.1 cm³/mol. The van der Waals surface area contributed by atoms with Gasteiger partial charge in [-0.15, -0.1) is 11.3 Å². The van der Waals surface area contributed by atoms with Crippen molar-refractivity contribution in [2.75, 3.05) is 13.2 Å². The number of hydrogen-bond donors (Lipinski definition) is 1. The Hall–Kier alpha value is -1.37. The van der Waals surface area contributed by atoms with E-state index in [1.54, 1.807) is 6.08 Å². The fraction of sp³-hybridized carbons (Fsp3) is 0.385. The molecule has 0 aromatic carbocycles. The number of fused-ring (bicyclic) bond motifs is 1. The third-order valence-corrected chi connectivity index (χ3v) is 4.21. The molecule has 3 rings (SSSR count). The molecule has 1 fully saturated rings. The van der Waals surface area contributed by atoms with Crippen molar-refractivity contribution < 1.29 is 9.53 Å². The van der Waals surface area contributed by atoms with Crippen LogP contribution in [-0.2, 0) is 9.53 Å². The SMILES string of the molecule is O=C(/C=C/c1c(Cl)nc2sccn12)NC[C@H]1CCCO1. The molecule has 20 heavy (non-hydrogen) atoms. The minimum Gasteiger partial charge on any atom is -0.376 e. The molecule has 1 atom stereocenters. The summed E-state index contributed by atoms with van der Waals surface area (Å²) in [6.07, 6.45) is 7.26. The molecule has 106 valence electrons. The maximum atomic E-state index is 11.8. The Balaban J connectivity index is 1.62. The summed E-state index contributed by atoms with van der Waals surface area (Å²) in [5, 5.41) is 5.15. The molecule has 0 saturated carbocycles. The highest BCUT2D eigenvalue weighted by Crippen LogP contribution is 2.22. The van der Waals surface area contributed by atoms with Crippen LogP contribution in [0.3, 0.4) is 0 Å². The first-order valence-electron chi connectivity index (χ1n) is 6.42. The number of ether oxygens (including phenoxy) is 1. The highest BCUT2D eigenvalue weighted by atomic mass is 35.5. The van der Waals surface area contributed by atoms with E-state index in [9.17, 15) is 4.79 Å². The Morgan fingerprint density at radius 3 is 3.40 bits per heavy atom. The molecule has 1 amide bonds. The third kappa shape index (κ3) is 2.87. The van der Waals surface area contributed by atoms with Gasteiger partial charge in [-0.05, 0) is 18.9 Å². The molecule has 0 aliphatic carbocycles. The summed E-state index contributed by atoms with van der Waals surface area (Å²) >= 11 is 7.54. The third-order valence-electron chi connectivity index (χ3n) is 3.17. The monoisotopic (exact) mass is 311 g/mol. The van der Waals surface area contributed by atoms with Crippen LogP contribution in [0, 0.1) is 0 Å². The Morgan fingerprint density at radius 1 is 1.70 bits per heavy atom. The van der Waals surface area contributed by atoms with Crippen molar-refractivity contribution in [3.63, 3.8) is 0 Å². The van der Waals surface area contributed by atoms with Crippen molar-refractivity contribution in [2.45, 2.75) is 18.9 Å². The fourth-order valence-electron chi connectivity index (χ4n) is 2.16. The van der Waals surface area contributed by atoms with Gasteiger partial charge in [0.1, 0.15) is 0 Å². The highest BCUT2D eigenvalue weighted by molar-refractivity contribution is 7.15. The van der Waals surface area contributed by atoms with Gasteiger partial charge in [0.15, 0.2) is 10.1 Å². The number of amides is 1. The zero-order valence-corrected chi connectivity index (χ0v) is 12.3. The summed E-state index contributed by atoms with van der Waals surface area (Å²) in [5.74, 6) is -0.151. The van der Waals surface area contributed by atoms with E-state index in [0.29, 0.717) is 11.7 Å². The molecule has 1 N–H and O–H groups in total. The van der Waals surface area contributed by atoms with Crippen LogP contribution in [0.4, 0.5) is 0 Å². The standard InChI is InChI=1S/C13H14ClN3O2S/c14-12-10(17-5-7-20-13(17)16-12)3-4-11(18)15-8-9-2-1-6-19-9/h3-5,7,9H,1-2,6,8H2,(H,15,18)/b4-3+/t9-/m1/s1. The average Bonchev–Trinajstić information content (AvgIpc) is 3.11. The first-order valence-corrected chi connectivity index (χ1v) is 7.68. The van der Waals surface area contributed by atoms with Crippen LogP contribution >= 0.6 is 22.9 Å². The second-order valence-corrected chi connectivity index (χ2v) is 5.79. The van der Waals surface area contributed by atoms with Crippen LogP contribution in [0.5, 0.6) is 0 Å². The lowest BCUT2D eigenvalue weighted by Gasteiger charge is -2.08. The van der Waals surface area contributed by atoms with E-state index in [2.05, 4.69) is 10.3 Å². The van der Waals surface area contributed by atoms with Gasteiger partial charge in [0.2, 0.25) is 5.91 Å². The molecule has 0 bridgehead atoms. The first kappa shape index (κ1) is 13.6. The second kappa shape index (κ2) is 5.95. The summed E-state index contributed by atoms with van der Waals surface area (Å²) in [4.78, 5) is 16.8. The highest BCUT2D eigenvalue weighted by Gasteiger charge is 2.15. The lowest BCUT2D eigenvalue weighted by atomic mass is 10.2. The second-order valence-electron chi connectivity index (χ2n) is 4.56. The Bertz CT molecular complexity index is 643. The largest absolute Gasteiger partial charge is 0.376 e. The molecule has 0 spiro atoms. The van der Waals surface area contributed by atoms with Crippen LogP contribution in [0.1, 0.15) is 18.5 Å². The topological polar surface area (TPSA) is 55.6 Å². The number of aromatic nitrogens is 2. The van der Waals surface area contributed by atoms with E-state index in [4.69, 9.17) is 16.3 Å². The number of carbonyl (C=O) groups is 1. The van der Waals surface area contributed by atoms with Crippen LogP contribution in [0.15, 0.2) is 17.7 Å². The van der Waals surface area contributed by atoms with E-state index in [-0.39, 0.29) is 12.0 Å². The van der Waals surface area contributed by atoms with Gasteiger partial charge in [-0.25, -0.2) is 4.98 Å². The molecule has 2 aromatic heterocycles. The van der Waals surface area contributed by atoms with Gasteiger partial charge in [0.05, 0.1) is 11.8 Å². The lowest BCUT2D eigenvalue weighted by Crippen LogP contribution is -2.30. The predicted octanol–water partition coefficient (Wildman–Crippen LogP) is 2.36. The molecule has 1 aliphatic rings. The van der Waals surface area contributed by atoms with Gasteiger partial charge in [-0.2, -0.15) is 0 Å². The van der Waals surface area contributed by atoms with Crippen LogP contribution in [0.25, 0.3) is 11.0 Å². The van der Waals surface area contributed by atoms with Gasteiger partial charge >= 0.3 is 0 Å². The van der Waals surface area contributed by atoms with E-state index in [1.165, 1.54) is 17.4 Å². The zero-order valence-electron chi connectivity index (χ0n) is 10.7. The Labute approximate surface area is 125 Å². The normalized spacial score (nSPS) is 19.1. The molecule has 0 unspecified atom stereocenters. The molecule has 5 nitrogen and oxygen atoms in total. The maximum absolute atomic E-state index is 11.8. The van der Waals surface area contributed by atoms with Crippen molar-refractivity contribution in [2.24, 2.45) is 0 Å². The van der Waals surface area contributed by atoms with Crippen LogP contribution in [0.2, 0.25) is 5.15 Å². The summed E-state index contributed by atoms with van der Waals surface area (Å²) in [7, 11) is 0. The van der Waals surface area contributed by atoms with Crippen molar-refractivity contribution in [1.82, 2.24) is 14.7 Å². The average molecular weight is 312 g/mol. The Kier molecular flexibility index (Phi) is 4.05. The number of thiazole rings is 1. The zero-order chi connectivity index (χ0) is 13.9. The summed E-state index contributed by atoms with van der Waals surface area (Å²) < 4.78 is 7.31. The molecule has 3 heterocycles. The first-order chi connectivity index (χ1) is 9.74. The maximum Gasteiger partial charge on any atom is 0.244 e. The van der Waals surface area contributed by atoms with Crippen molar-refractivity contribution in [1.29, 1.82) is 0 Å². The van der Waals surface area contributed by atoms with E-state index >= 15 is 0 Å². The van der Waals surface area contributed by atoms with Gasteiger partial charge in [-0.3, -0.25) is 9.20 Å². The van der Waals surface area contributed by atoms with Gasteiger partial charge in [0, 0.05) is 30.8 Å². The number of imidazole rings is 1. The molecule has 1 aliphatic heterocycles. The number of carbonyl (C=O) groups excluding carboxylic acids is 1. The fourth-order valence-corrected chi connectivity index (χ4v) is 3.16. The van der Waals surface area contributed by atoms with Crippen LogP contribution < -0.4 is 5.32 Å². The number of nitrogens with one attached hydrogen (secondary N) is 1. The molecule has 1 saturated heterocycles. The van der Waals surface area contributed by atoms with Crippen molar-refractivity contribution in [3.8, 4) is 0 Å². The van der Waals surface area contributed by atoms with Crippen molar-refractivity contribution in [3.05, 3.63) is 28.5 Å². The number of rotatable bonds is 4. The van der Waals surface area contributed by atoms with Gasteiger partial charge < -0.3 is 10.1 Å². The summed E-state index contributed by atoms with van der Waals surface area (Å²) in [5.41, 5.74) is 0.718. The number of hydrogen-bond acceptors (Lipinski definition) is 4. The number of halogens is 1. The smallest absolute Gasteiger partial charge is 0.244 e. The molecule has 7 heteroatoms. The molecular formula is C13H14ClN3O2S. The molecule has 2 aromatic rings.